The molecular weight excluding hydrogens is 330 g/mol. The number of aliphatic hydroxyl groups excluding tert-OH is 1. The third-order valence-corrected chi connectivity index (χ3v) is 3.81. The van der Waals surface area contributed by atoms with Gasteiger partial charge in [0, 0.05) is 11.1 Å². The molecule has 0 aromatic heterocycles. The molecule has 132 valence electrons. The zero-order valence-electron chi connectivity index (χ0n) is 13.9. The predicted molar refractivity (Wildman–Crippen MR) is 102 cm³/mol. The molecule has 0 fully saturated rings. The second-order valence-corrected chi connectivity index (χ2v) is 5.74. The molecule has 0 aliphatic carbocycles. The van der Waals surface area contributed by atoms with E-state index in [0.717, 1.165) is 10.8 Å². The Balaban J connectivity index is 1.78. The first kappa shape index (κ1) is 17.2. The fraction of sp³-hybridized carbons (Fsp3) is 0.0526. The molecule has 8 N–H and O–H groups in total. The van der Waals surface area contributed by atoms with E-state index in [9.17, 15) is 5.11 Å². The molecule has 0 heterocycles. The van der Waals surface area contributed by atoms with Crippen LogP contribution in [0.4, 0.5) is 5.69 Å². The Labute approximate surface area is 150 Å². The number of fused-ring (bicyclic) bond motifs is 1. The molecule has 0 radical (unpaired) electrons. The van der Waals surface area contributed by atoms with Crippen LogP contribution in [-0.4, -0.2) is 16.9 Å². The quantitative estimate of drug-likeness (QED) is 0.272. The average molecular weight is 349 g/mol. The summed E-state index contributed by atoms with van der Waals surface area (Å²) in [7, 11) is 0. The van der Waals surface area contributed by atoms with E-state index in [4.69, 9.17) is 27.3 Å². The molecule has 0 aliphatic heterocycles. The molecule has 1 atom stereocenters. The first-order chi connectivity index (χ1) is 12.4. The van der Waals surface area contributed by atoms with E-state index in [1.165, 1.54) is 0 Å². The minimum absolute atomic E-state index is 0.0202. The predicted octanol–water partition coefficient (Wildman–Crippen LogP) is 2.10. The maximum absolute atomic E-state index is 10.3. The number of benzene rings is 3. The normalized spacial score (nSPS) is 11.7. The summed E-state index contributed by atoms with van der Waals surface area (Å²) < 4.78 is 5.61. The van der Waals surface area contributed by atoms with Crippen molar-refractivity contribution >= 4 is 28.3 Å². The van der Waals surface area contributed by atoms with Gasteiger partial charge in [0.05, 0.1) is 5.69 Å². The van der Waals surface area contributed by atoms with Gasteiger partial charge in [0.25, 0.3) is 0 Å². The summed E-state index contributed by atoms with van der Waals surface area (Å²) in [6.07, 6.45) is -1.13. The van der Waals surface area contributed by atoms with Crippen LogP contribution >= 0.6 is 0 Å². The Morgan fingerprint density at radius 3 is 2.23 bits per heavy atom. The van der Waals surface area contributed by atoms with Gasteiger partial charge in [-0.05, 0) is 41.1 Å². The van der Waals surface area contributed by atoms with Crippen molar-refractivity contribution in [3.63, 3.8) is 0 Å². The van der Waals surface area contributed by atoms with E-state index < -0.39 is 6.29 Å². The van der Waals surface area contributed by atoms with Crippen molar-refractivity contribution in [3.05, 3.63) is 71.8 Å². The highest BCUT2D eigenvalue weighted by Crippen LogP contribution is 2.26. The lowest BCUT2D eigenvalue weighted by atomic mass is 10.1. The van der Waals surface area contributed by atoms with Crippen LogP contribution in [0, 0.1) is 5.41 Å². The zero-order valence-corrected chi connectivity index (χ0v) is 13.9. The maximum atomic E-state index is 10.3. The first-order valence-electron chi connectivity index (χ1n) is 7.85. The zero-order chi connectivity index (χ0) is 18.7. The van der Waals surface area contributed by atoms with Gasteiger partial charge in [-0.1, -0.05) is 30.3 Å². The van der Waals surface area contributed by atoms with Crippen molar-refractivity contribution in [2.24, 2.45) is 22.2 Å². The lowest BCUT2D eigenvalue weighted by Gasteiger charge is -2.14. The number of ether oxygens (including phenoxy) is 1. The van der Waals surface area contributed by atoms with Crippen LogP contribution in [0.1, 0.15) is 17.4 Å². The van der Waals surface area contributed by atoms with Crippen molar-refractivity contribution in [2.45, 2.75) is 6.29 Å². The van der Waals surface area contributed by atoms with Gasteiger partial charge in [-0.15, -0.1) is 0 Å². The summed E-state index contributed by atoms with van der Waals surface area (Å²) in [4.78, 5) is 3.92. The molecule has 0 saturated carbocycles. The molecule has 0 bridgehead atoms. The molecular formula is C19H19N5O2. The van der Waals surface area contributed by atoms with E-state index in [2.05, 4.69) is 4.99 Å². The molecule has 0 spiro atoms. The SMILES string of the molecule is N=C(N)c1ccc2cc(OC(O)c3ccc(N=C(N)N)cc3)ccc2c1. The summed E-state index contributed by atoms with van der Waals surface area (Å²) >= 11 is 0. The first-order valence-corrected chi connectivity index (χ1v) is 7.85. The number of hydrogen-bond acceptors (Lipinski definition) is 4. The van der Waals surface area contributed by atoms with E-state index in [-0.39, 0.29) is 11.8 Å². The minimum atomic E-state index is -1.13. The lowest BCUT2D eigenvalue weighted by molar-refractivity contribution is -0.0193. The number of aliphatic hydroxyl groups is 1. The number of rotatable bonds is 5. The van der Waals surface area contributed by atoms with E-state index in [1.807, 2.05) is 24.3 Å². The van der Waals surface area contributed by atoms with Gasteiger partial charge < -0.3 is 27.0 Å². The number of nitrogens with zero attached hydrogens (tertiary/aromatic N) is 1. The highest BCUT2D eigenvalue weighted by Gasteiger charge is 2.10. The van der Waals surface area contributed by atoms with Gasteiger partial charge in [0.1, 0.15) is 11.6 Å². The smallest absolute Gasteiger partial charge is 0.224 e. The largest absolute Gasteiger partial charge is 0.461 e. The van der Waals surface area contributed by atoms with Gasteiger partial charge >= 0.3 is 0 Å². The maximum Gasteiger partial charge on any atom is 0.224 e. The molecule has 7 nitrogen and oxygen atoms in total. The van der Waals surface area contributed by atoms with Gasteiger partial charge in [0.15, 0.2) is 5.96 Å². The summed E-state index contributed by atoms with van der Waals surface area (Å²) in [5, 5.41) is 19.6. The van der Waals surface area contributed by atoms with Crippen molar-refractivity contribution in [3.8, 4) is 5.75 Å². The lowest BCUT2D eigenvalue weighted by Crippen LogP contribution is -2.21. The highest BCUT2D eigenvalue weighted by molar-refractivity contribution is 5.99. The molecule has 3 aromatic carbocycles. The number of nitrogens with two attached hydrogens (primary N) is 3. The highest BCUT2D eigenvalue weighted by atomic mass is 16.6. The van der Waals surface area contributed by atoms with Crippen LogP contribution in [0.25, 0.3) is 10.8 Å². The molecule has 3 rings (SSSR count). The number of amidine groups is 1. The summed E-state index contributed by atoms with van der Waals surface area (Å²) in [5.41, 5.74) is 18.0. The minimum Gasteiger partial charge on any atom is -0.461 e. The van der Waals surface area contributed by atoms with Gasteiger partial charge in [-0.2, -0.15) is 0 Å². The van der Waals surface area contributed by atoms with Crippen LogP contribution < -0.4 is 21.9 Å². The number of nitrogen functional groups attached to an aromatic ring is 1. The Morgan fingerprint density at radius 2 is 1.58 bits per heavy atom. The molecule has 1 unspecified atom stereocenters. The fourth-order valence-electron chi connectivity index (χ4n) is 2.52. The average Bonchev–Trinajstić information content (AvgIpc) is 2.61. The molecule has 0 amide bonds. The van der Waals surface area contributed by atoms with E-state index in [0.29, 0.717) is 22.6 Å². The Morgan fingerprint density at radius 1 is 0.923 bits per heavy atom. The van der Waals surface area contributed by atoms with Crippen molar-refractivity contribution in [1.29, 1.82) is 5.41 Å². The molecule has 3 aromatic rings. The number of nitrogens with one attached hydrogen (secondary N) is 1. The van der Waals surface area contributed by atoms with E-state index in [1.54, 1.807) is 36.4 Å². The van der Waals surface area contributed by atoms with Crippen LogP contribution in [0.3, 0.4) is 0 Å². The molecule has 0 saturated heterocycles. The van der Waals surface area contributed by atoms with Gasteiger partial charge in [-0.3, -0.25) is 5.41 Å². The molecule has 7 heteroatoms. The van der Waals surface area contributed by atoms with Crippen molar-refractivity contribution in [2.75, 3.05) is 0 Å². The van der Waals surface area contributed by atoms with Crippen LogP contribution in [0.15, 0.2) is 65.7 Å². The number of aliphatic imine (C=N–C) groups is 1. The summed E-state index contributed by atoms with van der Waals surface area (Å²) in [6.45, 7) is 0. The van der Waals surface area contributed by atoms with Crippen LogP contribution in [0.2, 0.25) is 0 Å². The van der Waals surface area contributed by atoms with Crippen LogP contribution in [-0.2, 0) is 0 Å². The van der Waals surface area contributed by atoms with Gasteiger partial charge in [-0.25, -0.2) is 4.99 Å². The number of guanidine groups is 1. The van der Waals surface area contributed by atoms with Crippen LogP contribution in [0.5, 0.6) is 5.75 Å². The molecule has 26 heavy (non-hydrogen) atoms. The van der Waals surface area contributed by atoms with E-state index >= 15 is 0 Å². The van der Waals surface area contributed by atoms with Crippen molar-refractivity contribution in [1.82, 2.24) is 0 Å². The Hall–Kier alpha value is -3.58. The molecule has 0 aliphatic rings. The third-order valence-electron chi connectivity index (χ3n) is 3.81. The second-order valence-electron chi connectivity index (χ2n) is 5.74. The third kappa shape index (κ3) is 3.90. The van der Waals surface area contributed by atoms with Crippen molar-refractivity contribution < 1.29 is 9.84 Å². The summed E-state index contributed by atoms with van der Waals surface area (Å²) in [6, 6.07) is 17.6. The second kappa shape index (κ2) is 7.12. The topological polar surface area (TPSA) is 144 Å². The fourth-order valence-corrected chi connectivity index (χ4v) is 2.52. The number of hydrogen-bond donors (Lipinski definition) is 5. The Bertz CT molecular complexity index is 979. The monoisotopic (exact) mass is 349 g/mol. The Kier molecular flexibility index (Phi) is 4.72. The van der Waals surface area contributed by atoms with Gasteiger partial charge in [0.2, 0.25) is 6.29 Å². The summed E-state index contributed by atoms with van der Waals surface area (Å²) in [5.74, 6) is 0.513. The standard InChI is InChI=1S/C19H19N5O2/c20-17(21)14-2-1-13-10-16(8-5-12(13)9-14)26-18(25)11-3-6-15(7-4-11)24-19(22)23/h1-10,18,25H,(H3,20,21)(H4,22,23,24).